The molecule has 0 aliphatic heterocycles. The normalized spacial score (nSPS) is 13.1. The maximum absolute atomic E-state index is 14.5. The third-order valence-corrected chi connectivity index (χ3v) is 7.99. The molecule has 240 valence electrons. The number of aryl methyl sites for hydroxylation is 1. The summed E-state index contributed by atoms with van der Waals surface area (Å²) >= 11 is 7.83. The quantitative estimate of drug-likeness (QED) is 0.180. The van der Waals surface area contributed by atoms with Gasteiger partial charge in [-0.3, -0.25) is 9.59 Å². The van der Waals surface area contributed by atoms with Gasteiger partial charge in [0.2, 0.25) is 0 Å². The SMILES string of the molecule is CSC[C@H](C)NC(=O)c1c(Cl)cccc1C(=O)Nc1ccc(Cn2nnc3cc(C(F)(C(F)(F)F)C(F)(F)F)ccc32)cc1C. The van der Waals surface area contributed by atoms with Gasteiger partial charge < -0.3 is 10.6 Å². The van der Waals surface area contributed by atoms with E-state index in [-0.39, 0.29) is 39.8 Å². The van der Waals surface area contributed by atoms with E-state index in [4.69, 9.17) is 11.6 Å². The molecule has 1 heterocycles. The van der Waals surface area contributed by atoms with Crippen LogP contribution in [0.1, 0.15) is 44.3 Å². The first-order valence-electron chi connectivity index (χ1n) is 13.1. The number of aromatic nitrogens is 3. The van der Waals surface area contributed by atoms with Gasteiger partial charge in [0.15, 0.2) is 0 Å². The standard InChI is InChI=1S/C29H25ClF7N5O2S/c1-15-11-17(13-42-23-10-8-18(12-22(23)40-41-42)27(31,28(32,33)34)29(35,36)37)7-9-21(15)39-25(43)19-5-4-6-20(30)24(19)26(44)38-16(2)14-45-3/h4-12,16H,13-14H2,1-3H3,(H,38,44)(H,39,43)/t16-/m0/s1. The van der Waals surface area contributed by atoms with Gasteiger partial charge in [-0.05, 0) is 61.6 Å². The number of amides is 2. The Kier molecular flexibility index (Phi) is 9.73. The molecule has 2 amide bonds. The molecule has 16 heteroatoms. The van der Waals surface area contributed by atoms with Crippen LogP contribution in [0.25, 0.3) is 11.0 Å². The van der Waals surface area contributed by atoms with Crippen LogP contribution < -0.4 is 10.6 Å². The highest BCUT2D eigenvalue weighted by molar-refractivity contribution is 7.98. The number of fused-ring (bicyclic) bond motifs is 1. The molecule has 0 saturated carbocycles. The zero-order chi connectivity index (χ0) is 33.3. The second-order valence-electron chi connectivity index (χ2n) is 10.2. The Morgan fingerprint density at radius 3 is 2.29 bits per heavy atom. The van der Waals surface area contributed by atoms with Crippen LogP contribution in [0, 0.1) is 6.92 Å². The molecule has 0 aliphatic carbocycles. The molecule has 4 rings (SSSR count). The Hall–Kier alpha value is -3.85. The monoisotopic (exact) mass is 675 g/mol. The number of hydrogen-bond donors (Lipinski definition) is 2. The smallest absolute Gasteiger partial charge is 0.349 e. The molecular weight excluding hydrogens is 651 g/mol. The first-order valence-corrected chi connectivity index (χ1v) is 14.9. The molecule has 4 aromatic rings. The maximum atomic E-state index is 14.5. The largest absolute Gasteiger partial charge is 0.435 e. The van der Waals surface area contributed by atoms with Crippen LogP contribution in [-0.2, 0) is 12.2 Å². The van der Waals surface area contributed by atoms with Crippen molar-refractivity contribution in [3.8, 4) is 0 Å². The van der Waals surface area contributed by atoms with Crippen LogP contribution in [0.4, 0.5) is 36.4 Å². The summed E-state index contributed by atoms with van der Waals surface area (Å²) in [4.78, 5) is 26.1. The fourth-order valence-corrected chi connectivity index (χ4v) is 5.49. The molecule has 0 fully saturated rings. The predicted molar refractivity (Wildman–Crippen MR) is 157 cm³/mol. The van der Waals surface area contributed by atoms with Crippen molar-refractivity contribution in [3.63, 3.8) is 0 Å². The first-order chi connectivity index (χ1) is 21.0. The average Bonchev–Trinajstić information content (AvgIpc) is 3.34. The van der Waals surface area contributed by atoms with E-state index in [1.165, 1.54) is 16.8 Å². The molecule has 1 atom stereocenters. The summed E-state index contributed by atoms with van der Waals surface area (Å²) in [5.74, 6) is -0.431. The summed E-state index contributed by atoms with van der Waals surface area (Å²) in [5.41, 5.74) is -5.88. The lowest BCUT2D eigenvalue weighted by Gasteiger charge is -2.30. The molecule has 7 nitrogen and oxygen atoms in total. The van der Waals surface area contributed by atoms with Gasteiger partial charge >= 0.3 is 18.0 Å². The van der Waals surface area contributed by atoms with Crippen molar-refractivity contribution in [2.24, 2.45) is 0 Å². The van der Waals surface area contributed by atoms with Crippen LogP contribution in [0.2, 0.25) is 5.02 Å². The first kappa shape index (κ1) is 34.0. The third-order valence-electron chi connectivity index (χ3n) is 6.84. The number of alkyl halides is 7. The van der Waals surface area contributed by atoms with Gasteiger partial charge in [0.05, 0.1) is 28.2 Å². The van der Waals surface area contributed by atoms with E-state index in [2.05, 4.69) is 20.9 Å². The van der Waals surface area contributed by atoms with Gasteiger partial charge in [0.25, 0.3) is 11.8 Å². The zero-order valence-electron chi connectivity index (χ0n) is 23.8. The summed E-state index contributed by atoms with van der Waals surface area (Å²) in [6.45, 7) is 3.51. The lowest BCUT2D eigenvalue weighted by atomic mass is 9.94. The van der Waals surface area contributed by atoms with Gasteiger partial charge in [-0.2, -0.15) is 38.1 Å². The van der Waals surface area contributed by atoms with Crippen LogP contribution in [0.15, 0.2) is 54.6 Å². The Labute approximate surface area is 261 Å². The second-order valence-corrected chi connectivity index (χ2v) is 11.5. The topological polar surface area (TPSA) is 88.9 Å². The van der Waals surface area contributed by atoms with Crippen molar-refractivity contribution in [1.82, 2.24) is 20.3 Å². The number of thioether (sulfide) groups is 1. The molecule has 2 N–H and O–H groups in total. The number of halogens is 8. The average molecular weight is 676 g/mol. The van der Waals surface area contributed by atoms with Crippen molar-refractivity contribution in [3.05, 3.63) is 87.4 Å². The summed E-state index contributed by atoms with van der Waals surface area (Å²) in [6, 6.07) is 10.9. The molecule has 0 bridgehead atoms. The molecule has 0 saturated heterocycles. The Morgan fingerprint density at radius 2 is 1.67 bits per heavy atom. The number of carbonyl (C=O) groups is 2. The Balaban J connectivity index is 1.55. The van der Waals surface area contributed by atoms with Crippen molar-refractivity contribution < 1.29 is 40.3 Å². The van der Waals surface area contributed by atoms with E-state index in [0.29, 0.717) is 34.7 Å². The van der Waals surface area contributed by atoms with Crippen molar-refractivity contribution in [2.75, 3.05) is 17.3 Å². The van der Waals surface area contributed by atoms with Crippen LogP contribution in [0.3, 0.4) is 0 Å². The van der Waals surface area contributed by atoms with Crippen molar-refractivity contribution in [1.29, 1.82) is 0 Å². The number of nitrogens with one attached hydrogen (secondary N) is 2. The molecule has 1 aromatic heterocycles. The lowest BCUT2D eigenvalue weighted by molar-refractivity contribution is -0.348. The number of benzene rings is 3. The highest BCUT2D eigenvalue weighted by atomic mass is 35.5. The summed E-state index contributed by atoms with van der Waals surface area (Å²) in [6.07, 6.45) is -10.6. The van der Waals surface area contributed by atoms with Crippen LogP contribution in [0.5, 0.6) is 0 Å². The van der Waals surface area contributed by atoms with Crippen molar-refractivity contribution in [2.45, 2.75) is 44.5 Å². The minimum Gasteiger partial charge on any atom is -0.349 e. The summed E-state index contributed by atoms with van der Waals surface area (Å²) in [7, 11) is 0. The second kappa shape index (κ2) is 12.9. The van der Waals surface area contributed by atoms with Gasteiger partial charge in [-0.1, -0.05) is 41.1 Å². The van der Waals surface area contributed by atoms with E-state index in [1.54, 1.807) is 43.0 Å². The van der Waals surface area contributed by atoms with E-state index < -0.39 is 35.4 Å². The molecular formula is C29H25ClF7N5O2S. The van der Waals surface area contributed by atoms with E-state index in [1.807, 2.05) is 13.2 Å². The molecule has 3 aromatic carbocycles. The number of rotatable bonds is 9. The Bertz CT molecular complexity index is 1730. The van der Waals surface area contributed by atoms with Gasteiger partial charge in [0.1, 0.15) is 5.52 Å². The number of anilines is 1. The van der Waals surface area contributed by atoms with E-state index >= 15 is 0 Å². The zero-order valence-corrected chi connectivity index (χ0v) is 25.4. The van der Waals surface area contributed by atoms with Gasteiger partial charge in [-0.25, -0.2) is 9.07 Å². The van der Waals surface area contributed by atoms with Crippen LogP contribution >= 0.6 is 23.4 Å². The summed E-state index contributed by atoms with van der Waals surface area (Å²) in [5, 5.41) is 13.1. The molecule has 0 spiro atoms. The molecule has 0 radical (unpaired) electrons. The lowest BCUT2D eigenvalue weighted by Crippen LogP contribution is -2.50. The molecule has 0 aliphatic rings. The fraction of sp³-hybridized carbons (Fsp3) is 0.310. The highest BCUT2D eigenvalue weighted by Gasteiger charge is 2.73. The highest BCUT2D eigenvalue weighted by Crippen LogP contribution is 2.53. The number of nitrogens with zero attached hydrogens (tertiary/aromatic N) is 3. The minimum absolute atomic E-state index is 0.00291. The van der Waals surface area contributed by atoms with Crippen LogP contribution in [-0.4, -0.2) is 57.2 Å². The van der Waals surface area contributed by atoms with Gasteiger partial charge in [-0.15, -0.1) is 5.10 Å². The molecule has 0 unspecified atom stereocenters. The third kappa shape index (κ3) is 6.88. The molecule has 45 heavy (non-hydrogen) atoms. The number of carbonyl (C=O) groups excluding carboxylic acids is 2. The van der Waals surface area contributed by atoms with Crippen molar-refractivity contribution >= 4 is 51.9 Å². The fourth-order valence-electron chi connectivity index (χ4n) is 4.65. The number of hydrogen-bond acceptors (Lipinski definition) is 5. The van der Waals surface area contributed by atoms with Gasteiger partial charge in [0, 0.05) is 23.0 Å². The van der Waals surface area contributed by atoms with E-state index in [0.717, 1.165) is 6.07 Å². The maximum Gasteiger partial charge on any atom is 0.435 e. The summed E-state index contributed by atoms with van der Waals surface area (Å²) < 4.78 is 94.8. The minimum atomic E-state index is -6.25. The van der Waals surface area contributed by atoms with E-state index in [9.17, 15) is 40.3 Å². The predicted octanol–water partition coefficient (Wildman–Crippen LogP) is 7.46. The Morgan fingerprint density at radius 1 is 0.978 bits per heavy atom.